The van der Waals surface area contributed by atoms with Crippen molar-refractivity contribution in [3.8, 4) is 0 Å². The molecule has 0 spiro atoms. The van der Waals surface area contributed by atoms with Crippen LogP contribution in [-0.4, -0.2) is 5.97 Å². The van der Waals surface area contributed by atoms with E-state index in [2.05, 4.69) is 17.9 Å². The zero-order valence-electron chi connectivity index (χ0n) is 4.44. The molecule has 0 radical (unpaired) electrons. The minimum atomic E-state index is -0.338. The van der Waals surface area contributed by atoms with Crippen LogP contribution in [0.2, 0.25) is 0 Å². The molecule has 0 bridgehead atoms. The van der Waals surface area contributed by atoms with Crippen molar-refractivity contribution >= 4 is 5.97 Å². The molecule has 1 heterocycles. The second kappa shape index (κ2) is 1.47. The molecular weight excluding hydrogens is 104 g/mol. The smallest absolute Gasteiger partial charge is 0.338 e. The maximum atomic E-state index is 10.4. The molecule has 1 aliphatic rings. The molecule has 0 saturated carbocycles. The maximum Gasteiger partial charge on any atom is 0.338 e. The molecule has 1 rings (SSSR count). The van der Waals surface area contributed by atoms with E-state index < -0.39 is 0 Å². The van der Waals surface area contributed by atoms with Gasteiger partial charge >= 0.3 is 5.97 Å². The number of hydrogen-bond acceptors (Lipinski definition) is 2. The minimum absolute atomic E-state index is 0.338. The molecular formula is C6H6O2. The van der Waals surface area contributed by atoms with Crippen LogP contribution in [0.5, 0.6) is 0 Å². The van der Waals surface area contributed by atoms with Crippen molar-refractivity contribution in [2.75, 3.05) is 0 Å². The molecule has 8 heavy (non-hydrogen) atoms. The van der Waals surface area contributed by atoms with Crippen molar-refractivity contribution in [1.29, 1.82) is 0 Å². The number of carbonyl (C=O) groups is 1. The molecule has 1 aliphatic heterocycles. The molecule has 42 valence electrons. The Morgan fingerprint density at radius 2 is 2.12 bits per heavy atom. The van der Waals surface area contributed by atoms with Crippen molar-refractivity contribution in [3.63, 3.8) is 0 Å². The summed E-state index contributed by atoms with van der Waals surface area (Å²) < 4.78 is 4.54. The first-order valence-electron chi connectivity index (χ1n) is 2.28. The number of cyclic esters (lactones) is 1. The van der Waals surface area contributed by atoms with E-state index in [1.807, 2.05) is 0 Å². The van der Waals surface area contributed by atoms with E-state index in [4.69, 9.17) is 0 Å². The summed E-state index contributed by atoms with van der Waals surface area (Å²) in [5.74, 6) is 0.162. The molecule has 1 saturated heterocycles. The lowest BCUT2D eigenvalue weighted by atomic mass is 10.2. The van der Waals surface area contributed by atoms with Gasteiger partial charge in [0.05, 0.1) is 0 Å². The molecule has 0 atom stereocenters. The summed E-state index contributed by atoms with van der Waals surface area (Å²) in [4.78, 5) is 10.4. The predicted octanol–water partition coefficient (Wildman–Crippen LogP) is 1.00. The van der Waals surface area contributed by atoms with Gasteiger partial charge in [-0.15, -0.1) is 0 Å². The molecule has 0 aliphatic carbocycles. The predicted molar refractivity (Wildman–Crippen MR) is 29.0 cm³/mol. The first-order chi connectivity index (χ1) is 3.70. The number of allylic oxidation sites excluding steroid dienone is 1. The maximum absolute atomic E-state index is 10.4. The van der Waals surface area contributed by atoms with Gasteiger partial charge in [-0.05, 0) is 0 Å². The Balaban J connectivity index is 2.79. The molecule has 0 aromatic carbocycles. The minimum Gasteiger partial charge on any atom is -0.428 e. The van der Waals surface area contributed by atoms with E-state index in [1.165, 1.54) is 0 Å². The van der Waals surface area contributed by atoms with Gasteiger partial charge in [-0.25, -0.2) is 4.79 Å². The fraction of sp³-hybridized carbons (Fsp3) is 0.167. The highest BCUT2D eigenvalue weighted by atomic mass is 16.5. The van der Waals surface area contributed by atoms with Crippen molar-refractivity contribution < 1.29 is 9.53 Å². The molecule has 2 heteroatoms. The highest BCUT2D eigenvalue weighted by molar-refractivity contribution is 5.91. The van der Waals surface area contributed by atoms with Gasteiger partial charge in [0.2, 0.25) is 0 Å². The van der Waals surface area contributed by atoms with Crippen molar-refractivity contribution in [1.82, 2.24) is 0 Å². The third-order valence-corrected chi connectivity index (χ3v) is 0.936. The molecule has 0 unspecified atom stereocenters. The average molecular weight is 110 g/mol. The van der Waals surface area contributed by atoms with E-state index in [0.29, 0.717) is 17.8 Å². The van der Waals surface area contributed by atoms with Crippen molar-refractivity contribution in [2.45, 2.75) is 6.42 Å². The molecule has 0 amide bonds. The molecule has 2 nitrogen and oxygen atoms in total. The van der Waals surface area contributed by atoms with Crippen LogP contribution >= 0.6 is 0 Å². The van der Waals surface area contributed by atoms with E-state index in [-0.39, 0.29) is 5.97 Å². The third kappa shape index (κ3) is 0.644. The van der Waals surface area contributed by atoms with Gasteiger partial charge in [-0.3, -0.25) is 0 Å². The standard InChI is InChI=1S/C6H6O2/c1-4-3-5(2)8-6(4)7/h1-3H2. The van der Waals surface area contributed by atoms with Crippen LogP contribution in [0, 0.1) is 0 Å². The van der Waals surface area contributed by atoms with Gasteiger partial charge < -0.3 is 4.74 Å². The Kier molecular flexibility index (Phi) is 0.938. The van der Waals surface area contributed by atoms with Gasteiger partial charge in [-0.2, -0.15) is 0 Å². The van der Waals surface area contributed by atoms with Gasteiger partial charge in [-0.1, -0.05) is 13.2 Å². The quantitative estimate of drug-likeness (QED) is 0.343. The van der Waals surface area contributed by atoms with Crippen LogP contribution in [0.3, 0.4) is 0 Å². The number of hydrogen-bond donors (Lipinski definition) is 0. The lowest BCUT2D eigenvalue weighted by Crippen LogP contribution is -1.91. The van der Waals surface area contributed by atoms with Crippen LogP contribution in [0.4, 0.5) is 0 Å². The van der Waals surface area contributed by atoms with E-state index >= 15 is 0 Å². The highest BCUT2D eigenvalue weighted by Gasteiger charge is 2.19. The van der Waals surface area contributed by atoms with Gasteiger partial charge in [0.1, 0.15) is 5.76 Å². The van der Waals surface area contributed by atoms with Crippen LogP contribution < -0.4 is 0 Å². The lowest BCUT2D eigenvalue weighted by molar-refractivity contribution is -0.132. The summed E-state index contributed by atoms with van der Waals surface area (Å²) >= 11 is 0. The number of esters is 1. The fourth-order valence-corrected chi connectivity index (χ4v) is 0.550. The number of rotatable bonds is 0. The summed E-state index contributed by atoms with van der Waals surface area (Å²) in [6, 6.07) is 0. The summed E-state index contributed by atoms with van der Waals surface area (Å²) in [5, 5.41) is 0. The first kappa shape index (κ1) is 5.09. The SMILES string of the molecule is C=C1CC(=C)C(=O)O1. The Morgan fingerprint density at radius 3 is 2.25 bits per heavy atom. The molecule has 0 N–H and O–H groups in total. The Bertz CT molecular complexity index is 149. The largest absolute Gasteiger partial charge is 0.428 e. The van der Waals surface area contributed by atoms with Crippen molar-refractivity contribution in [3.05, 3.63) is 24.5 Å². The normalized spacial score (nSPS) is 19.2. The Morgan fingerprint density at radius 1 is 1.50 bits per heavy atom. The monoisotopic (exact) mass is 110 g/mol. The zero-order chi connectivity index (χ0) is 6.15. The van der Waals surface area contributed by atoms with Crippen LogP contribution in [-0.2, 0) is 9.53 Å². The summed E-state index contributed by atoms with van der Waals surface area (Å²) in [5.41, 5.74) is 0.495. The second-order valence-corrected chi connectivity index (χ2v) is 1.71. The van der Waals surface area contributed by atoms with E-state index in [1.54, 1.807) is 0 Å². The van der Waals surface area contributed by atoms with Crippen LogP contribution in [0.1, 0.15) is 6.42 Å². The summed E-state index contributed by atoms with van der Waals surface area (Å²) in [6.45, 7) is 6.90. The lowest BCUT2D eigenvalue weighted by Gasteiger charge is -1.85. The van der Waals surface area contributed by atoms with Gasteiger partial charge in [0.25, 0.3) is 0 Å². The van der Waals surface area contributed by atoms with Crippen molar-refractivity contribution in [2.24, 2.45) is 0 Å². The molecule has 0 aromatic heterocycles. The zero-order valence-corrected chi connectivity index (χ0v) is 4.44. The highest BCUT2D eigenvalue weighted by Crippen LogP contribution is 2.19. The second-order valence-electron chi connectivity index (χ2n) is 1.71. The van der Waals surface area contributed by atoms with E-state index in [9.17, 15) is 4.79 Å². The number of ether oxygens (including phenoxy) is 1. The first-order valence-corrected chi connectivity index (χ1v) is 2.28. The van der Waals surface area contributed by atoms with Crippen LogP contribution in [0.15, 0.2) is 24.5 Å². The Labute approximate surface area is 47.5 Å². The summed E-state index contributed by atoms with van der Waals surface area (Å²) in [6.07, 6.45) is 0.499. The molecule has 0 aromatic rings. The topological polar surface area (TPSA) is 26.3 Å². The average Bonchev–Trinajstić information content (AvgIpc) is 1.85. The van der Waals surface area contributed by atoms with Gasteiger partial charge in [0.15, 0.2) is 0 Å². The third-order valence-electron chi connectivity index (χ3n) is 0.936. The Hall–Kier alpha value is -1.05. The fourth-order valence-electron chi connectivity index (χ4n) is 0.550. The van der Waals surface area contributed by atoms with E-state index in [0.717, 1.165) is 0 Å². The number of carbonyl (C=O) groups excluding carboxylic acids is 1. The van der Waals surface area contributed by atoms with Crippen LogP contribution in [0.25, 0.3) is 0 Å². The molecule has 1 fully saturated rings. The van der Waals surface area contributed by atoms with Gasteiger partial charge in [0, 0.05) is 12.0 Å². The summed E-state index contributed by atoms with van der Waals surface area (Å²) in [7, 11) is 0.